The number of hydrogen-bond donors (Lipinski definition) is 1. The van der Waals surface area contributed by atoms with Gasteiger partial charge < -0.3 is 5.73 Å². The highest BCUT2D eigenvalue weighted by atomic mass is 14.7. The van der Waals surface area contributed by atoms with Gasteiger partial charge in [-0.15, -0.1) is 0 Å². The van der Waals surface area contributed by atoms with E-state index in [0.717, 1.165) is 12.8 Å². The molecule has 16 heavy (non-hydrogen) atoms. The van der Waals surface area contributed by atoms with Gasteiger partial charge in [-0.25, -0.2) is 0 Å². The molecule has 0 saturated heterocycles. The Morgan fingerprint density at radius 1 is 1.25 bits per heavy atom. The van der Waals surface area contributed by atoms with E-state index in [9.17, 15) is 0 Å². The van der Waals surface area contributed by atoms with Crippen molar-refractivity contribution in [3.63, 3.8) is 0 Å². The normalized spacial score (nSPS) is 16.9. The van der Waals surface area contributed by atoms with Crippen LogP contribution >= 0.6 is 0 Å². The number of benzene rings is 1. The summed E-state index contributed by atoms with van der Waals surface area (Å²) < 4.78 is 0. The number of hydrogen-bond acceptors (Lipinski definition) is 1. The standard InChI is InChI=1S/C15H25N/c1-6-13(4)15(5,16)10-14-8-7-11(2)12(3)9-14/h7-9,13H,6,10,16H2,1-5H3. The van der Waals surface area contributed by atoms with E-state index in [1.54, 1.807) is 0 Å². The van der Waals surface area contributed by atoms with Gasteiger partial charge in [0.25, 0.3) is 0 Å². The van der Waals surface area contributed by atoms with E-state index in [1.807, 2.05) is 0 Å². The summed E-state index contributed by atoms with van der Waals surface area (Å²) in [6.07, 6.45) is 2.10. The summed E-state index contributed by atoms with van der Waals surface area (Å²) in [5.41, 5.74) is 10.4. The summed E-state index contributed by atoms with van der Waals surface area (Å²) in [6.45, 7) is 10.9. The van der Waals surface area contributed by atoms with Gasteiger partial charge in [-0.1, -0.05) is 38.5 Å². The average Bonchev–Trinajstić information content (AvgIpc) is 2.22. The van der Waals surface area contributed by atoms with Gasteiger partial charge in [-0.05, 0) is 49.8 Å². The quantitative estimate of drug-likeness (QED) is 0.822. The molecular formula is C15H25N. The molecule has 1 aromatic carbocycles. The minimum Gasteiger partial charge on any atom is -0.325 e. The Bertz CT molecular complexity index is 352. The molecule has 90 valence electrons. The van der Waals surface area contributed by atoms with Crippen molar-refractivity contribution in [3.05, 3.63) is 34.9 Å². The van der Waals surface area contributed by atoms with Crippen LogP contribution in [0.1, 0.15) is 43.9 Å². The van der Waals surface area contributed by atoms with Crippen LogP contribution in [0.15, 0.2) is 18.2 Å². The van der Waals surface area contributed by atoms with Crippen molar-refractivity contribution in [1.82, 2.24) is 0 Å². The third kappa shape index (κ3) is 3.08. The van der Waals surface area contributed by atoms with E-state index in [4.69, 9.17) is 5.73 Å². The van der Waals surface area contributed by atoms with E-state index < -0.39 is 0 Å². The lowest BCUT2D eigenvalue weighted by molar-refractivity contribution is 0.306. The van der Waals surface area contributed by atoms with Crippen LogP contribution < -0.4 is 5.73 Å². The van der Waals surface area contributed by atoms with Gasteiger partial charge >= 0.3 is 0 Å². The first-order valence-electron chi connectivity index (χ1n) is 6.22. The molecule has 1 heteroatoms. The highest BCUT2D eigenvalue weighted by Crippen LogP contribution is 2.23. The number of rotatable bonds is 4. The summed E-state index contributed by atoms with van der Waals surface area (Å²) in [5.74, 6) is 0.550. The third-order valence-corrected chi connectivity index (χ3v) is 3.89. The fourth-order valence-corrected chi connectivity index (χ4v) is 1.99. The smallest absolute Gasteiger partial charge is 0.0192 e. The van der Waals surface area contributed by atoms with Crippen molar-refractivity contribution >= 4 is 0 Å². The molecule has 2 atom stereocenters. The van der Waals surface area contributed by atoms with Gasteiger partial charge in [0.05, 0.1) is 0 Å². The second-order valence-electron chi connectivity index (χ2n) is 5.41. The van der Waals surface area contributed by atoms with Crippen LogP contribution in [0.3, 0.4) is 0 Å². The molecule has 0 amide bonds. The molecule has 2 N–H and O–H groups in total. The maximum atomic E-state index is 6.39. The van der Waals surface area contributed by atoms with Crippen LogP contribution in [0.4, 0.5) is 0 Å². The van der Waals surface area contributed by atoms with Crippen molar-refractivity contribution in [3.8, 4) is 0 Å². The molecule has 0 spiro atoms. The van der Waals surface area contributed by atoms with Crippen molar-refractivity contribution in [1.29, 1.82) is 0 Å². The molecule has 1 rings (SSSR count). The van der Waals surface area contributed by atoms with Gasteiger partial charge in [-0.2, -0.15) is 0 Å². The highest BCUT2D eigenvalue weighted by Gasteiger charge is 2.25. The molecule has 0 heterocycles. The van der Waals surface area contributed by atoms with Crippen molar-refractivity contribution < 1.29 is 0 Å². The first-order valence-corrected chi connectivity index (χ1v) is 6.22. The molecule has 0 aliphatic heterocycles. The molecule has 2 unspecified atom stereocenters. The molecule has 0 aliphatic carbocycles. The summed E-state index contributed by atoms with van der Waals surface area (Å²) in [4.78, 5) is 0. The van der Waals surface area contributed by atoms with Crippen molar-refractivity contribution in [2.24, 2.45) is 11.7 Å². The molecule has 0 saturated carbocycles. The fourth-order valence-electron chi connectivity index (χ4n) is 1.99. The summed E-state index contributed by atoms with van der Waals surface area (Å²) in [7, 11) is 0. The lowest BCUT2D eigenvalue weighted by Crippen LogP contribution is -2.44. The van der Waals surface area contributed by atoms with Crippen LogP contribution in [0, 0.1) is 19.8 Å². The second-order valence-corrected chi connectivity index (χ2v) is 5.41. The SMILES string of the molecule is CCC(C)C(C)(N)Cc1ccc(C)c(C)c1. The topological polar surface area (TPSA) is 26.0 Å². The molecule has 1 nitrogen and oxygen atoms in total. The Morgan fingerprint density at radius 3 is 2.38 bits per heavy atom. The average molecular weight is 219 g/mol. The Balaban J connectivity index is 2.84. The monoisotopic (exact) mass is 219 g/mol. The third-order valence-electron chi connectivity index (χ3n) is 3.89. The lowest BCUT2D eigenvalue weighted by atomic mass is 9.81. The first-order chi connectivity index (χ1) is 7.36. The molecule has 0 bridgehead atoms. The van der Waals surface area contributed by atoms with Gasteiger partial charge in [0.1, 0.15) is 0 Å². The molecule has 0 aromatic heterocycles. The van der Waals surface area contributed by atoms with Gasteiger partial charge in [0.15, 0.2) is 0 Å². The zero-order valence-electron chi connectivity index (χ0n) is 11.3. The molecule has 0 fully saturated rings. The fraction of sp³-hybridized carbons (Fsp3) is 0.600. The minimum absolute atomic E-state index is 0.101. The van der Waals surface area contributed by atoms with Gasteiger partial charge in [-0.3, -0.25) is 0 Å². The Morgan fingerprint density at radius 2 is 1.88 bits per heavy atom. The molecule has 1 aromatic rings. The summed E-state index contributed by atoms with van der Waals surface area (Å²) in [6, 6.07) is 6.66. The van der Waals surface area contributed by atoms with Crippen LogP contribution in [-0.4, -0.2) is 5.54 Å². The predicted molar refractivity (Wildman–Crippen MR) is 71.7 cm³/mol. The Hall–Kier alpha value is -0.820. The molecule has 0 aliphatic rings. The van der Waals surface area contributed by atoms with Gasteiger partial charge in [0.2, 0.25) is 0 Å². The van der Waals surface area contributed by atoms with Crippen LogP contribution in [0.5, 0.6) is 0 Å². The van der Waals surface area contributed by atoms with Crippen molar-refractivity contribution in [2.45, 2.75) is 53.0 Å². The maximum Gasteiger partial charge on any atom is 0.0192 e. The minimum atomic E-state index is -0.101. The van der Waals surface area contributed by atoms with Gasteiger partial charge in [0, 0.05) is 5.54 Å². The van der Waals surface area contributed by atoms with Crippen LogP contribution in [0.2, 0.25) is 0 Å². The van der Waals surface area contributed by atoms with E-state index in [2.05, 4.69) is 52.8 Å². The molecule has 0 radical (unpaired) electrons. The summed E-state index contributed by atoms with van der Waals surface area (Å²) in [5, 5.41) is 0. The van der Waals surface area contributed by atoms with E-state index in [-0.39, 0.29) is 5.54 Å². The largest absolute Gasteiger partial charge is 0.325 e. The lowest BCUT2D eigenvalue weighted by Gasteiger charge is -2.31. The van der Waals surface area contributed by atoms with Crippen LogP contribution in [0.25, 0.3) is 0 Å². The Kier molecular flexibility index (Phi) is 4.15. The zero-order valence-corrected chi connectivity index (χ0v) is 11.3. The first kappa shape index (κ1) is 13.2. The van der Waals surface area contributed by atoms with E-state index in [1.165, 1.54) is 16.7 Å². The zero-order chi connectivity index (χ0) is 12.3. The van der Waals surface area contributed by atoms with E-state index >= 15 is 0 Å². The van der Waals surface area contributed by atoms with E-state index in [0.29, 0.717) is 5.92 Å². The number of nitrogens with two attached hydrogens (primary N) is 1. The number of aryl methyl sites for hydroxylation is 2. The van der Waals surface area contributed by atoms with Crippen molar-refractivity contribution in [2.75, 3.05) is 0 Å². The Labute approximate surface area is 100 Å². The molecular weight excluding hydrogens is 194 g/mol. The summed E-state index contributed by atoms with van der Waals surface area (Å²) >= 11 is 0. The second kappa shape index (κ2) is 5.01. The predicted octanol–water partition coefficient (Wildman–Crippen LogP) is 3.61. The van der Waals surface area contributed by atoms with Crippen LogP contribution in [-0.2, 0) is 6.42 Å². The maximum absolute atomic E-state index is 6.39. The highest BCUT2D eigenvalue weighted by molar-refractivity contribution is 5.30.